The van der Waals surface area contributed by atoms with Crippen LogP contribution in [0.15, 0.2) is 24.3 Å². The Morgan fingerprint density at radius 3 is 2.83 bits per heavy atom. The molecule has 0 spiro atoms. The van der Waals surface area contributed by atoms with Gasteiger partial charge in [-0.25, -0.2) is 9.78 Å². The first-order chi connectivity index (χ1) is 13.9. The van der Waals surface area contributed by atoms with Crippen LogP contribution in [0.1, 0.15) is 47.4 Å². The summed E-state index contributed by atoms with van der Waals surface area (Å²) in [5.41, 5.74) is 0.985. The maximum atomic E-state index is 12.9. The average molecular weight is 424 g/mol. The molecule has 1 aromatic carbocycles. The fourth-order valence-corrected chi connectivity index (χ4v) is 4.98. The van der Waals surface area contributed by atoms with Crippen LogP contribution >= 0.6 is 11.3 Å². The van der Waals surface area contributed by atoms with E-state index in [4.69, 9.17) is 0 Å². The molecule has 9 heteroatoms. The van der Waals surface area contributed by atoms with E-state index in [1.165, 1.54) is 23.5 Å². The van der Waals surface area contributed by atoms with E-state index >= 15 is 0 Å². The van der Waals surface area contributed by atoms with Gasteiger partial charge in [-0.1, -0.05) is 31.0 Å². The fourth-order valence-electron chi connectivity index (χ4n) is 3.93. The summed E-state index contributed by atoms with van der Waals surface area (Å²) in [6, 6.07) is 5.50. The van der Waals surface area contributed by atoms with Crippen molar-refractivity contribution in [2.45, 2.75) is 57.4 Å². The first kappa shape index (κ1) is 20.2. The molecule has 0 atom stereocenters. The lowest BCUT2D eigenvalue weighted by Gasteiger charge is -2.26. The molecule has 2 heterocycles. The van der Waals surface area contributed by atoms with Crippen molar-refractivity contribution in [3.8, 4) is 0 Å². The Morgan fingerprint density at radius 2 is 2.07 bits per heavy atom. The molecule has 2 aromatic rings. The zero-order valence-corrected chi connectivity index (χ0v) is 16.7. The number of benzene rings is 1. The number of thiazole rings is 1. The summed E-state index contributed by atoms with van der Waals surface area (Å²) in [5.74, 6) is 0. The van der Waals surface area contributed by atoms with Crippen LogP contribution < -0.4 is 10.6 Å². The van der Waals surface area contributed by atoms with Gasteiger partial charge in [0.25, 0.3) is 0 Å². The maximum absolute atomic E-state index is 12.9. The van der Waals surface area contributed by atoms with Crippen molar-refractivity contribution in [1.82, 2.24) is 15.2 Å². The van der Waals surface area contributed by atoms with E-state index in [-0.39, 0.29) is 12.1 Å². The van der Waals surface area contributed by atoms with Gasteiger partial charge in [0.1, 0.15) is 0 Å². The number of alkyl halides is 3. The molecule has 2 aliphatic rings. The standard InChI is InChI=1S/C20H23F3N4OS/c21-20(22,23)14-5-3-4-13(10-14)11-27-9-8-16-17(12-27)29-19(25-16)26-18(28)24-15-6-1-2-7-15/h3-5,10,15H,1-2,6-9,11-12H2,(H2,24,25,26,28). The predicted octanol–water partition coefficient (Wildman–Crippen LogP) is 4.78. The summed E-state index contributed by atoms with van der Waals surface area (Å²) in [6.45, 7) is 1.79. The molecule has 2 amide bonds. The van der Waals surface area contributed by atoms with Crippen molar-refractivity contribution < 1.29 is 18.0 Å². The Hall–Kier alpha value is -2.13. The zero-order valence-electron chi connectivity index (χ0n) is 15.9. The highest BCUT2D eigenvalue weighted by Gasteiger charge is 2.30. The quantitative estimate of drug-likeness (QED) is 0.742. The SMILES string of the molecule is O=C(Nc1nc2c(s1)CN(Cc1cccc(C(F)(F)F)c1)CC2)NC1CCCC1. The molecular weight excluding hydrogens is 401 g/mol. The lowest BCUT2D eigenvalue weighted by molar-refractivity contribution is -0.137. The zero-order chi connectivity index (χ0) is 20.4. The first-order valence-corrected chi connectivity index (χ1v) is 10.6. The number of carbonyl (C=O) groups excluding carboxylic acids is 1. The summed E-state index contributed by atoms with van der Waals surface area (Å²) >= 11 is 1.44. The predicted molar refractivity (Wildman–Crippen MR) is 106 cm³/mol. The molecule has 0 bridgehead atoms. The topological polar surface area (TPSA) is 57.3 Å². The Morgan fingerprint density at radius 1 is 1.28 bits per heavy atom. The molecule has 1 aliphatic heterocycles. The monoisotopic (exact) mass is 424 g/mol. The molecular formula is C20H23F3N4OS. The lowest BCUT2D eigenvalue weighted by atomic mass is 10.1. The summed E-state index contributed by atoms with van der Waals surface area (Å²) in [7, 11) is 0. The number of nitrogens with one attached hydrogen (secondary N) is 2. The maximum Gasteiger partial charge on any atom is 0.416 e. The number of nitrogens with zero attached hydrogens (tertiary/aromatic N) is 2. The van der Waals surface area contributed by atoms with E-state index in [1.54, 1.807) is 6.07 Å². The second-order valence-corrected chi connectivity index (χ2v) is 8.71. The average Bonchev–Trinajstić information content (AvgIpc) is 3.30. The van der Waals surface area contributed by atoms with Crippen LogP contribution in [0.3, 0.4) is 0 Å². The van der Waals surface area contributed by atoms with Gasteiger partial charge in [0, 0.05) is 37.0 Å². The molecule has 1 aliphatic carbocycles. The number of hydrogen-bond donors (Lipinski definition) is 2. The van der Waals surface area contributed by atoms with Gasteiger partial charge < -0.3 is 5.32 Å². The number of aromatic nitrogens is 1. The number of hydrogen-bond acceptors (Lipinski definition) is 4. The van der Waals surface area contributed by atoms with Crippen LogP contribution in [0.2, 0.25) is 0 Å². The first-order valence-electron chi connectivity index (χ1n) is 9.81. The molecule has 0 unspecified atom stereocenters. The van der Waals surface area contributed by atoms with Gasteiger partial charge in [0.05, 0.1) is 11.3 Å². The summed E-state index contributed by atoms with van der Waals surface area (Å²) < 4.78 is 38.8. The highest BCUT2D eigenvalue weighted by Crippen LogP contribution is 2.31. The Bertz CT molecular complexity index is 877. The molecule has 0 saturated heterocycles. The Balaban J connectivity index is 1.36. The summed E-state index contributed by atoms with van der Waals surface area (Å²) in [4.78, 5) is 19.8. The van der Waals surface area contributed by atoms with Crippen molar-refractivity contribution in [2.75, 3.05) is 11.9 Å². The van der Waals surface area contributed by atoms with Gasteiger partial charge in [-0.05, 0) is 24.5 Å². The van der Waals surface area contributed by atoms with Crippen molar-refractivity contribution >= 4 is 22.5 Å². The largest absolute Gasteiger partial charge is 0.416 e. The molecule has 156 valence electrons. The number of carbonyl (C=O) groups is 1. The van der Waals surface area contributed by atoms with Crippen LogP contribution in [0.5, 0.6) is 0 Å². The van der Waals surface area contributed by atoms with Gasteiger partial charge in [-0.3, -0.25) is 10.2 Å². The van der Waals surface area contributed by atoms with Crippen LogP contribution in [-0.2, 0) is 25.7 Å². The number of fused-ring (bicyclic) bond motifs is 1. The third-order valence-corrected chi connectivity index (χ3v) is 6.38. The van der Waals surface area contributed by atoms with Crippen molar-refractivity contribution in [1.29, 1.82) is 0 Å². The van der Waals surface area contributed by atoms with Crippen LogP contribution in [0.25, 0.3) is 0 Å². The number of rotatable bonds is 4. The minimum atomic E-state index is -4.33. The number of anilines is 1. The van der Waals surface area contributed by atoms with Gasteiger partial charge in [-0.15, -0.1) is 11.3 Å². The third kappa shape index (κ3) is 5.08. The Labute approximate surface area is 171 Å². The van der Waals surface area contributed by atoms with Gasteiger partial charge in [0.2, 0.25) is 0 Å². The normalized spacial score (nSPS) is 17.9. The Kier molecular flexibility index (Phi) is 5.78. The smallest absolute Gasteiger partial charge is 0.335 e. The molecule has 29 heavy (non-hydrogen) atoms. The van der Waals surface area contributed by atoms with E-state index in [0.29, 0.717) is 23.8 Å². The molecule has 5 nitrogen and oxygen atoms in total. The van der Waals surface area contributed by atoms with E-state index in [9.17, 15) is 18.0 Å². The minimum absolute atomic E-state index is 0.219. The molecule has 1 fully saturated rings. The fraction of sp³-hybridized carbons (Fsp3) is 0.500. The van der Waals surface area contributed by atoms with Gasteiger partial charge >= 0.3 is 12.2 Å². The highest BCUT2D eigenvalue weighted by molar-refractivity contribution is 7.15. The molecule has 1 saturated carbocycles. The number of amides is 2. The van der Waals surface area contributed by atoms with Crippen molar-refractivity contribution in [3.05, 3.63) is 46.0 Å². The van der Waals surface area contributed by atoms with Crippen LogP contribution in [0.4, 0.5) is 23.1 Å². The number of halogens is 3. The van der Waals surface area contributed by atoms with E-state index in [1.807, 2.05) is 0 Å². The van der Waals surface area contributed by atoms with E-state index in [2.05, 4.69) is 20.5 Å². The van der Waals surface area contributed by atoms with E-state index < -0.39 is 11.7 Å². The number of urea groups is 1. The second kappa shape index (κ2) is 8.31. The summed E-state index contributed by atoms with van der Waals surface area (Å²) in [5, 5.41) is 6.38. The molecule has 2 N–H and O–H groups in total. The van der Waals surface area contributed by atoms with E-state index in [0.717, 1.165) is 55.3 Å². The van der Waals surface area contributed by atoms with Gasteiger partial charge in [-0.2, -0.15) is 13.2 Å². The van der Waals surface area contributed by atoms with Crippen LogP contribution in [-0.4, -0.2) is 28.5 Å². The third-order valence-electron chi connectivity index (χ3n) is 5.38. The molecule has 0 radical (unpaired) electrons. The summed E-state index contributed by atoms with van der Waals surface area (Å²) in [6.07, 6.45) is 0.730. The second-order valence-electron chi connectivity index (χ2n) is 7.63. The van der Waals surface area contributed by atoms with Gasteiger partial charge in [0.15, 0.2) is 5.13 Å². The van der Waals surface area contributed by atoms with Crippen molar-refractivity contribution in [2.24, 2.45) is 0 Å². The molecule has 4 rings (SSSR count). The van der Waals surface area contributed by atoms with Crippen LogP contribution in [0, 0.1) is 0 Å². The van der Waals surface area contributed by atoms with Crippen molar-refractivity contribution in [3.63, 3.8) is 0 Å². The minimum Gasteiger partial charge on any atom is -0.335 e. The highest BCUT2D eigenvalue weighted by atomic mass is 32.1. The molecule has 1 aromatic heterocycles. The lowest BCUT2D eigenvalue weighted by Crippen LogP contribution is -2.36.